The molecule has 0 bridgehead atoms. The van der Waals surface area contributed by atoms with Gasteiger partial charge >= 0.3 is 0 Å². The zero-order valence-corrected chi connectivity index (χ0v) is 14.0. The number of para-hydroxylation sites is 1. The van der Waals surface area contributed by atoms with Gasteiger partial charge in [-0.2, -0.15) is 0 Å². The Morgan fingerprint density at radius 2 is 1.71 bits per heavy atom. The summed E-state index contributed by atoms with van der Waals surface area (Å²) >= 11 is 0. The van der Waals surface area contributed by atoms with Gasteiger partial charge in [0.05, 0.1) is 0 Å². The number of carbonyl (C=O) groups excluding carboxylic acids is 1. The molecule has 2 heterocycles. The largest absolute Gasteiger partial charge is 0.324 e. The van der Waals surface area contributed by atoms with Crippen LogP contribution in [0.4, 0.5) is 5.69 Å². The Kier molecular flexibility index (Phi) is 4.08. The van der Waals surface area contributed by atoms with Gasteiger partial charge in [-0.1, -0.05) is 48.0 Å². The van der Waals surface area contributed by atoms with Gasteiger partial charge in [-0.05, 0) is 18.6 Å². The molecule has 1 amide bonds. The Balaban J connectivity index is 1.40. The second-order valence-electron chi connectivity index (χ2n) is 6.78. The maximum atomic E-state index is 12.4. The van der Waals surface area contributed by atoms with Gasteiger partial charge < -0.3 is 5.32 Å². The Bertz CT molecular complexity index is 733. The van der Waals surface area contributed by atoms with Crippen LogP contribution in [0.1, 0.15) is 22.7 Å². The number of amides is 1. The van der Waals surface area contributed by atoms with E-state index in [1.165, 1.54) is 11.1 Å². The molecule has 0 radical (unpaired) electrons. The number of benzene rings is 2. The summed E-state index contributed by atoms with van der Waals surface area (Å²) in [5.74, 6) is 0.114. The van der Waals surface area contributed by atoms with Gasteiger partial charge in [-0.15, -0.1) is 0 Å². The average molecular weight is 321 g/mol. The zero-order valence-electron chi connectivity index (χ0n) is 14.0. The molecule has 0 spiro atoms. The minimum atomic E-state index is -0.122. The fourth-order valence-electron chi connectivity index (χ4n) is 3.69. The van der Waals surface area contributed by atoms with Gasteiger partial charge in [0, 0.05) is 44.0 Å². The van der Waals surface area contributed by atoms with E-state index in [1.54, 1.807) is 0 Å². The summed E-state index contributed by atoms with van der Waals surface area (Å²) in [5, 5.41) is 3.01. The normalized spacial score (nSPS) is 21.5. The van der Waals surface area contributed by atoms with Crippen LogP contribution in [-0.4, -0.2) is 41.9 Å². The molecule has 24 heavy (non-hydrogen) atoms. The van der Waals surface area contributed by atoms with Gasteiger partial charge in [0.1, 0.15) is 6.04 Å². The highest BCUT2D eigenvalue weighted by molar-refractivity contribution is 6.02. The van der Waals surface area contributed by atoms with E-state index in [4.69, 9.17) is 0 Å². The molecule has 4 nitrogen and oxygen atoms in total. The van der Waals surface area contributed by atoms with Crippen molar-refractivity contribution in [3.8, 4) is 0 Å². The van der Waals surface area contributed by atoms with Crippen molar-refractivity contribution in [2.24, 2.45) is 0 Å². The molecule has 2 aromatic rings. The maximum absolute atomic E-state index is 12.4. The van der Waals surface area contributed by atoms with Crippen LogP contribution in [0.5, 0.6) is 0 Å². The second kappa shape index (κ2) is 6.38. The first-order valence-electron chi connectivity index (χ1n) is 8.62. The first-order valence-corrected chi connectivity index (χ1v) is 8.62. The topological polar surface area (TPSA) is 35.6 Å². The van der Waals surface area contributed by atoms with Crippen LogP contribution in [0.3, 0.4) is 0 Å². The molecule has 0 aliphatic carbocycles. The van der Waals surface area contributed by atoms with Crippen LogP contribution in [0.2, 0.25) is 0 Å². The number of nitrogens with zero attached hydrogens (tertiary/aromatic N) is 2. The van der Waals surface area contributed by atoms with E-state index < -0.39 is 0 Å². The number of hydrogen-bond acceptors (Lipinski definition) is 3. The summed E-state index contributed by atoms with van der Waals surface area (Å²) in [6.45, 7) is 6.96. The smallest absolute Gasteiger partial charge is 0.246 e. The molecule has 124 valence electrons. The van der Waals surface area contributed by atoms with Crippen molar-refractivity contribution in [2.75, 3.05) is 31.5 Å². The van der Waals surface area contributed by atoms with E-state index in [-0.39, 0.29) is 11.9 Å². The van der Waals surface area contributed by atoms with Crippen molar-refractivity contribution in [3.63, 3.8) is 0 Å². The van der Waals surface area contributed by atoms with E-state index in [1.807, 2.05) is 18.2 Å². The van der Waals surface area contributed by atoms with Crippen molar-refractivity contribution in [2.45, 2.75) is 19.5 Å². The number of rotatable bonds is 3. The predicted molar refractivity (Wildman–Crippen MR) is 95.8 cm³/mol. The molecule has 1 N–H and O–H groups in total. The summed E-state index contributed by atoms with van der Waals surface area (Å²) in [6.07, 6.45) is 0. The third kappa shape index (κ3) is 2.95. The molecule has 4 rings (SSSR count). The SMILES string of the molecule is Cc1ccc(CN2CCN(C3C(=O)Nc4ccccc43)CC2)cc1. The summed E-state index contributed by atoms with van der Waals surface area (Å²) in [4.78, 5) is 17.2. The fourth-order valence-corrected chi connectivity index (χ4v) is 3.69. The van der Waals surface area contributed by atoms with Crippen molar-refractivity contribution < 1.29 is 4.79 Å². The molecule has 0 aromatic heterocycles. The van der Waals surface area contributed by atoms with Gasteiger partial charge in [0.2, 0.25) is 5.91 Å². The van der Waals surface area contributed by atoms with Gasteiger partial charge in [-0.3, -0.25) is 14.6 Å². The highest BCUT2D eigenvalue weighted by Crippen LogP contribution is 2.35. The van der Waals surface area contributed by atoms with Crippen LogP contribution in [0, 0.1) is 6.92 Å². The van der Waals surface area contributed by atoms with E-state index in [2.05, 4.69) is 52.4 Å². The first kappa shape index (κ1) is 15.4. The van der Waals surface area contributed by atoms with Crippen molar-refractivity contribution in [3.05, 3.63) is 65.2 Å². The average Bonchev–Trinajstić information content (AvgIpc) is 2.93. The van der Waals surface area contributed by atoms with Crippen molar-refractivity contribution >= 4 is 11.6 Å². The molecular weight excluding hydrogens is 298 g/mol. The fraction of sp³-hybridized carbons (Fsp3) is 0.350. The third-order valence-electron chi connectivity index (χ3n) is 5.06. The van der Waals surface area contributed by atoms with Crippen LogP contribution >= 0.6 is 0 Å². The van der Waals surface area contributed by atoms with E-state index >= 15 is 0 Å². The lowest BCUT2D eigenvalue weighted by Crippen LogP contribution is -2.48. The molecule has 0 saturated carbocycles. The minimum Gasteiger partial charge on any atom is -0.324 e. The minimum absolute atomic E-state index is 0.114. The lowest BCUT2D eigenvalue weighted by atomic mass is 10.1. The summed E-state index contributed by atoms with van der Waals surface area (Å²) in [6, 6.07) is 16.7. The van der Waals surface area contributed by atoms with Crippen LogP contribution < -0.4 is 5.32 Å². The molecule has 2 aromatic carbocycles. The Morgan fingerprint density at radius 3 is 2.46 bits per heavy atom. The zero-order chi connectivity index (χ0) is 16.5. The highest BCUT2D eigenvalue weighted by Gasteiger charge is 2.36. The maximum Gasteiger partial charge on any atom is 0.246 e. The van der Waals surface area contributed by atoms with E-state index in [9.17, 15) is 4.79 Å². The van der Waals surface area contributed by atoms with E-state index in [0.717, 1.165) is 44.0 Å². The molecule has 1 atom stereocenters. The van der Waals surface area contributed by atoms with Crippen molar-refractivity contribution in [1.29, 1.82) is 0 Å². The molecule has 1 unspecified atom stereocenters. The monoisotopic (exact) mass is 321 g/mol. The Morgan fingerprint density at radius 1 is 1.00 bits per heavy atom. The van der Waals surface area contributed by atoms with Gasteiger partial charge in [0.15, 0.2) is 0 Å². The Hall–Kier alpha value is -2.17. The Labute approximate surface area is 143 Å². The molecule has 1 saturated heterocycles. The highest BCUT2D eigenvalue weighted by atomic mass is 16.2. The van der Waals surface area contributed by atoms with E-state index in [0.29, 0.717) is 0 Å². The quantitative estimate of drug-likeness (QED) is 0.944. The number of hydrogen-bond donors (Lipinski definition) is 1. The van der Waals surface area contributed by atoms with Gasteiger partial charge in [0.25, 0.3) is 0 Å². The molecule has 2 aliphatic heterocycles. The number of carbonyl (C=O) groups is 1. The lowest BCUT2D eigenvalue weighted by molar-refractivity contribution is -0.121. The third-order valence-corrected chi connectivity index (χ3v) is 5.06. The van der Waals surface area contributed by atoms with Gasteiger partial charge in [-0.25, -0.2) is 0 Å². The first-order chi connectivity index (χ1) is 11.7. The molecule has 2 aliphatic rings. The predicted octanol–water partition coefficient (Wildman–Crippen LogP) is 2.81. The molecular formula is C20H23N3O. The van der Waals surface area contributed by atoms with Crippen LogP contribution in [-0.2, 0) is 11.3 Å². The standard InChI is InChI=1S/C20H23N3O/c1-15-6-8-16(9-7-15)14-22-10-12-23(13-11-22)19-17-4-2-3-5-18(17)21-20(19)24/h2-9,19H,10-14H2,1H3,(H,21,24). The van der Waals surface area contributed by atoms with Crippen LogP contribution in [0.25, 0.3) is 0 Å². The summed E-state index contributed by atoms with van der Waals surface area (Å²) in [5.41, 5.74) is 4.75. The number of aryl methyl sites for hydroxylation is 1. The number of fused-ring (bicyclic) bond motifs is 1. The molecule has 1 fully saturated rings. The summed E-state index contributed by atoms with van der Waals surface area (Å²) < 4.78 is 0. The lowest BCUT2D eigenvalue weighted by Gasteiger charge is -2.37. The molecule has 4 heteroatoms. The number of anilines is 1. The number of nitrogens with one attached hydrogen (secondary N) is 1. The van der Waals surface area contributed by atoms with Crippen LogP contribution in [0.15, 0.2) is 48.5 Å². The van der Waals surface area contributed by atoms with Crippen molar-refractivity contribution in [1.82, 2.24) is 9.80 Å². The summed E-state index contributed by atoms with van der Waals surface area (Å²) in [7, 11) is 0. The second-order valence-corrected chi connectivity index (χ2v) is 6.78. The number of piperazine rings is 1.